The molecule has 5 heteroatoms. The van der Waals surface area contributed by atoms with Gasteiger partial charge in [0.2, 0.25) is 0 Å². The van der Waals surface area contributed by atoms with E-state index in [0.29, 0.717) is 27.5 Å². The third-order valence-corrected chi connectivity index (χ3v) is 4.49. The lowest BCUT2D eigenvalue weighted by Crippen LogP contribution is -2.12. The maximum Gasteiger partial charge on any atom is 0.336 e. The van der Waals surface area contributed by atoms with Crippen molar-refractivity contribution in [2.24, 2.45) is 0 Å². The van der Waals surface area contributed by atoms with Gasteiger partial charge in [0, 0.05) is 27.6 Å². The summed E-state index contributed by atoms with van der Waals surface area (Å²) in [6, 6.07) is 11.9. The Balaban J connectivity index is 1.86. The van der Waals surface area contributed by atoms with Crippen LogP contribution in [0.3, 0.4) is 0 Å². The number of ether oxygens (including phenoxy) is 1. The van der Waals surface area contributed by atoms with Crippen LogP contribution in [0.25, 0.3) is 11.0 Å². The summed E-state index contributed by atoms with van der Waals surface area (Å²) < 4.78 is 11.1. The number of carbonyl (C=O) groups excluding carboxylic acids is 1. The Hall–Kier alpha value is -2.59. The lowest BCUT2D eigenvalue weighted by atomic mass is 10.0. The molecule has 3 aromatic rings. The average molecular weight is 371 g/mol. The first-order valence-corrected chi connectivity index (χ1v) is 8.85. The molecule has 0 saturated carbocycles. The van der Waals surface area contributed by atoms with Gasteiger partial charge in [0.15, 0.2) is 12.4 Å². The predicted molar refractivity (Wildman–Crippen MR) is 102 cm³/mol. The van der Waals surface area contributed by atoms with Crippen LogP contribution in [0, 0.1) is 6.92 Å². The third kappa shape index (κ3) is 3.81. The second kappa shape index (κ2) is 7.75. The van der Waals surface area contributed by atoms with E-state index in [1.165, 1.54) is 6.07 Å². The highest BCUT2D eigenvalue weighted by Gasteiger charge is 2.13. The fourth-order valence-electron chi connectivity index (χ4n) is 2.90. The number of fused-ring (bicyclic) bond motifs is 1. The summed E-state index contributed by atoms with van der Waals surface area (Å²) in [7, 11) is 0. The van der Waals surface area contributed by atoms with Crippen molar-refractivity contribution in [2.75, 3.05) is 6.61 Å². The molecule has 0 aliphatic rings. The zero-order valence-corrected chi connectivity index (χ0v) is 15.4. The average Bonchev–Trinajstić information content (AvgIpc) is 2.62. The highest BCUT2D eigenvalue weighted by Crippen LogP contribution is 2.29. The number of hydrogen-bond acceptors (Lipinski definition) is 4. The number of halogens is 1. The van der Waals surface area contributed by atoms with Crippen LogP contribution in [0.1, 0.15) is 34.8 Å². The minimum atomic E-state index is -0.376. The normalized spacial score (nSPS) is 10.9. The van der Waals surface area contributed by atoms with E-state index in [9.17, 15) is 9.59 Å². The van der Waals surface area contributed by atoms with E-state index in [-0.39, 0.29) is 18.0 Å². The minimum absolute atomic E-state index is 0.104. The maximum atomic E-state index is 12.3. The zero-order valence-electron chi connectivity index (χ0n) is 14.7. The van der Waals surface area contributed by atoms with Crippen molar-refractivity contribution < 1.29 is 13.9 Å². The van der Waals surface area contributed by atoms with Crippen LogP contribution in [0.4, 0.5) is 0 Å². The fourth-order valence-corrected chi connectivity index (χ4v) is 3.03. The van der Waals surface area contributed by atoms with Crippen LogP contribution >= 0.6 is 11.6 Å². The van der Waals surface area contributed by atoms with E-state index in [1.54, 1.807) is 24.3 Å². The molecule has 26 heavy (non-hydrogen) atoms. The minimum Gasteiger partial charge on any atom is -0.485 e. The molecule has 1 aromatic heterocycles. The SMILES string of the molecule is CCCc1cc(=O)oc2c(C)c(OCC(=O)c3ccc(Cl)cc3)ccc12. The Labute approximate surface area is 156 Å². The van der Waals surface area contributed by atoms with Gasteiger partial charge >= 0.3 is 5.63 Å². The molecule has 0 fully saturated rings. The van der Waals surface area contributed by atoms with Gasteiger partial charge in [0.25, 0.3) is 0 Å². The third-order valence-electron chi connectivity index (χ3n) is 4.24. The maximum absolute atomic E-state index is 12.3. The van der Waals surface area contributed by atoms with E-state index < -0.39 is 0 Å². The largest absolute Gasteiger partial charge is 0.485 e. The molecule has 0 atom stereocenters. The van der Waals surface area contributed by atoms with Gasteiger partial charge < -0.3 is 9.15 Å². The smallest absolute Gasteiger partial charge is 0.336 e. The molecule has 0 amide bonds. The van der Waals surface area contributed by atoms with Crippen molar-refractivity contribution in [2.45, 2.75) is 26.7 Å². The standard InChI is InChI=1S/C21H19ClO4/c1-3-4-15-11-20(24)26-21-13(2)19(10-9-17(15)21)25-12-18(23)14-5-7-16(22)8-6-14/h5-11H,3-4,12H2,1-2H3. The molecule has 0 bridgehead atoms. The van der Waals surface area contributed by atoms with Crippen molar-refractivity contribution in [3.05, 3.63) is 74.6 Å². The lowest BCUT2D eigenvalue weighted by Gasteiger charge is -2.12. The summed E-state index contributed by atoms with van der Waals surface area (Å²) in [6.07, 6.45) is 1.74. The number of ketones is 1. The van der Waals surface area contributed by atoms with Gasteiger partial charge in [-0.15, -0.1) is 0 Å². The van der Waals surface area contributed by atoms with Crippen molar-refractivity contribution in [3.8, 4) is 5.75 Å². The van der Waals surface area contributed by atoms with Crippen molar-refractivity contribution in [1.82, 2.24) is 0 Å². The van der Waals surface area contributed by atoms with Gasteiger partial charge in [0.1, 0.15) is 11.3 Å². The van der Waals surface area contributed by atoms with Crippen LogP contribution < -0.4 is 10.4 Å². The number of carbonyl (C=O) groups is 1. The number of benzene rings is 2. The summed E-state index contributed by atoms with van der Waals surface area (Å²) in [4.78, 5) is 24.1. The van der Waals surface area contributed by atoms with Crippen molar-refractivity contribution in [1.29, 1.82) is 0 Å². The topological polar surface area (TPSA) is 56.5 Å². The van der Waals surface area contributed by atoms with Gasteiger partial charge in [-0.05, 0) is 55.3 Å². The summed E-state index contributed by atoms with van der Waals surface area (Å²) in [5.41, 5.74) is 2.34. The molecule has 0 aliphatic heterocycles. The first-order valence-electron chi connectivity index (χ1n) is 8.47. The molecule has 4 nitrogen and oxygen atoms in total. The van der Waals surface area contributed by atoms with Crippen LogP contribution in [0.5, 0.6) is 5.75 Å². The van der Waals surface area contributed by atoms with E-state index >= 15 is 0 Å². The molecular formula is C21H19ClO4. The Bertz CT molecular complexity index is 1000. The molecule has 0 aliphatic carbocycles. The van der Waals surface area contributed by atoms with E-state index in [1.807, 2.05) is 19.1 Å². The molecule has 0 radical (unpaired) electrons. The Kier molecular flexibility index (Phi) is 5.43. The lowest BCUT2D eigenvalue weighted by molar-refractivity contribution is 0.0921. The number of hydrogen-bond donors (Lipinski definition) is 0. The monoisotopic (exact) mass is 370 g/mol. The summed E-state index contributed by atoms with van der Waals surface area (Å²) in [5, 5.41) is 1.48. The van der Waals surface area contributed by atoms with Gasteiger partial charge in [0.05, 0.1) is 0 Å². The fraction of sp³-hybridized carbons (Fsp3) is 0.238. The predicted octanol–water partition coefficient (Wildman–Crippen LogP) is 4.97. The van der Waals surface area contributed by atoms with E-state index in [0.717, 1.165) is 23.8 Å². The van der Waals surface area contributed by atoms with Gasteiger partial charge in [-0.3, -0.25) is 4.79 Å². The molecular weight excluding hydrogens is 352 g/mol. The highest BCUT2D eigenvalue weighted by atomic mass is 35.5. The molecule has 134 valence electrons. The van der Waals surface area contributed by atoms with Gasteiger partial charge in [-0.2, -0.15) is 0 Å². The van der Waals surface area contributed by atoms with E-state index in [4.69, 9.17) is 20.8 Å². The molecule has 0 unspecified atom stereocenters. The van der Waals surface area contributed by atoms with Crippen LogP contribution in [0.2, 0.25) is 5.02 Å². The first-order chi connectivity index (χ1) is 12.5. The van der Waals surface area contributed by atoms with Crippen molar-refractivity contribution in [3.63, 3.8) is 0 Å². The van der Waals surface area contributed by atoms with Crippen LogP contribution in [-0.4, -0.2) is 12.4 Å². The van der Waals surface area contributed by atoms with Gasteiger partial charge in [-0.25, -0.2) is 4.79 Å². The molecule has 0 N–H and O–H groups in total. The second-order valence-electron chi connectivity index (χ2n) is 6.12. The second-order valence-corrected chi connectivity index (χ2v) is 6.56. The summed E-state index contributed by atoms with van der Waals surface area (Å²) in [5.74, 6) is 0.374. The molecule has 3 rings (SSSR count). The Morgan fingerprint density at radius 3 is 2.58 bits per heavy atom. The Morgan fingerprint density at radius 1 is 1.15 bits per heavy atom. The summed E-state index contributed by atoms with van der Waals surface area (Å²) >= 11 is 5.83. The molecule has 0 saturated heterocycles. The number of aryl methyl sites for hydroxylation is 2. The summed E-state index contributed by atoms with van der Waals surface area (Å²) in [6.45, 7) is 3.78. The van der Waals surface area contributed by atoms with Crippen LogP contribution in [0.15, 0.2) is 51.7 Å². The Morgan fingerprint density at radius 2 is 1.88 bits per heavy atom. The van der Waals surface area contributed by atoms with Crippen molar-refractivity contribution >= 4 is 28.4 Å². The zero-order chi connectivity index (χ0) is 18.7. The molecule has 2 aromatic carbocycles. The van der Waals surface area contributed by atoms with Gasteiger partial charge in [-0.1, -0.05) is 24.9 Å². The first kappa shape index (κ1) is 18.2. The van der Waals surface area contributed by atoms with Crippen LogP contribution in [-0.2, 0) is 6.42 Å². The number of rotatable bonds is 6. The highest BCUT2D eigenvalue weighted by molar-refractivity contribution is 6.30. The number of Topliss-reactive ketones (excluding diaryl/α,β-unsaturated/α-hetero) is 1. The quantitative estimate of drug-likeness (QED) is 0.454. The molecule has 1 heterocycles. The van der Waals surface area contributed by atoms with E-state index in [2.05, 4.69) is 6.92 Å². The molecule has 0 spiro atoms.